The lowest BCUT2D eigenvalue weighted by molar-refractivity contribution is -0.130. The summed E-state index contributed by atoms with van der Waals surface area (Å²) in [5, 5.41) is 3.33. The van der Waals surface area contributed by atoms with Crippen LogP contribution in [0.15, 0.2) is 41.0 Å². The summed E-state index contributed by atoms with van der Waals surface area (Å²) in [7, 11) is 0. The monoisotopic (exact) mass is 376 g/mol. The van der Waals surface area contributed by atoms with Gasteiger partial charge >= 0.3 is 0 Å². The molecule has 0 radical (unpaired) electrons. The summed E-state index contributed by atoms with van der Waals surface area (Å²) in [5.74, 6) is 0.0815. The normalized spacial score (nSPS) is 14.4. The summed E-state index contributed by atoms with van der Waals surface area (Å²) in [6, 6.07) is 9.23. The molecule has 2 heterocycles. The molecule has 0 bridgehead atoms. The molecule has 0 unspecified atom stereocenters. The Bertz CT molecular complexity index is 767. The molecule has 0 atom stereocenters. The van der Waals surface area contributed by atoms with Gasteiger partial charge in [0.05, 0.1) is 18.7 Å². The van der Waals surface area contributed by atoms with Crippen LogP contribution in [0.25, 0.3) is 0 Å². The zero-order valence-corrected chi connectivity index (χ0v) is 15.0. The maximum Gasteiger partial charge on any atom is 0.254 e. The van der Waals surface area contributed by atoms with E-state index in [-0.39, 0.29) is 24.9 Å². The lowest BCUT2D eigenvalue weighted by Crippen LogP contribution is -2.51. The van der Waals surface area contributed by atoms with Crippen molar-refractivity contribution in [3.8, 4) is 0 Å². The molecule has 2 amide bonds. The van der Waals surface area contributed by atoms with Crippen LogP contribution >= 0.6 is 11.6 Å². The summed E-state index contributed by atoms with van der Waals surface area (Å²) in [6.07, 6.45) is 1.34. The van der Waals surface area contributed by atoms with E-state index in [9.17, 15) is 9.59 Å². The van der Waals surface area contributed by atoms with Crippen molar-refractivity contribution in [3.63, 3.8) is 0 Å². The molecule has 1 aromatic carbocycles. The molecule has 0 aliphatic carbocycles. The molecule has 138 valence electrons. The Morgan fingerprint density at radius 3 is 2.46 bits per heavy atom. The van der Waals surface area contributed by atoms with Crippen molar-refractivity contribution in [1.29, 1.82) is 0 Å². The number of amides is 2. The van der Waals surface area contributed by atoms with E-state index >= 15 is 0 Å². The molecule has 8 heteroatoms. The predicted molar refractivity (Wildman–Crippen MR) is 99.2 cm³/mol. The zero-order valence-electron chi connectivity index (χ0n) is 14.3. The Morgan fingerprint density at radius 1 is 1.15 bits per heavy atom. The smallest absolute Gasteiger partial charge is 0.254 e. The number of hydrogen-bond donors (Lipinski definition) is 2. The van der Waals surface area contributed by atoms with Crippen LogP contribution in [0.2, 0.25) is 5.02 Å². The highest BCUT2D eigenvalue weighted by Gasteiger charge is 2.22. The van der Waals surface area contributed by atoms with Crippen molar-refractivity contribution in [2.75, 3.05) is 37.6 Å². The van der Waals surface area contributed by atoms with Gasteiger partial charge in [-0.25, -0.2) is 0 Å². The zero-order chi connectivity index (χ0) is 18.5. The minimum absolute atomic E-state index is 0.0388. The van der Waals surface area contributed by atoms with E-state index in [1.807, 2.05) is 24.3 Å². The van der Waals surface area contributed by atoms with E-state index in [0.717, 1.165) is 18.8 Å². The lowest BCUT2D eigenvalue weighted by Gasteiger charge is -2.36. The molecule has 1 aliphatic heterocycles. The van der Waals surface area contributed by atoms with Crippen molar-refractivity contribution < 1.29 is 14.0 Å². The van der Waals surface area contributed by atoms with Gasteiger partial charge in [-0.15, -0.1) is 0 Å². The van der Waals surface area contributed by atoms with Crippen molar-refractivity contribution >= 4 is 29.1 Å². The Balaban J connectivity index is 1.46. The number of anilines is 1. The maximum absolute atomic E-state index is 12.3. The van der Waals surface area contributed by atoms with Crippen molar-refractivity contribution in [3.05, 3.63) is 52.9 Å². The minimum Gasteiger partial charge on any atom is -0.467 e. The number of benzene rings is 1. The quantitative estimate of drug-likeness (QED) is 0.824. The van der Waals surface area contributed by atoms with Crippen LogP contribution in [0.5, 0.6) is 0 Å². The van der Waals surface area contributed by atoms with E-state index in [1.165, 1.54) is 6.26 Å². The van der Waals surface area contributed by atoms with Crippen LogP contribution in [0.4, 0.5) is 5.69 Å². The van der Waals surface area contributed by atoms with E-state index in [1.54, 1.807) is 11.0 Å². The highest BCUT2D eigenvalue weighted by atomic mass is 35.5. The number of halogens is 1. The maximum atomic E-state index is 12.3. The van der Waals surface area contributed by atoms with E-state index < -0.39 is 0 Å². The van der Waals surface area contributed by atoms with Crippen LogP contribution < -0.4 is 16.0 Å². The van der Waals surface area contributed by atoms with Crippen molar-refractivity contribution in [2.24, 2.45) is 5.73 Å². The molecule has 1 fully saturated rings. The fraction of sp³-hybridized carbons (Fsp3) is 0.333. The van der Waals surface area contributed by atoms with Crippen molar-refractivity contribution in [2.45, 2.75) is 6.54 Å². The second-order valence-corrected chi connectivity index (χ2v) is 6.47. The molecule has 7 nitrogen and oxygen atoms in total. The number of carbonyl (C=O) groups excluding carboxylic acids is 2. The van der Waals surface area contributed by atoms with Crippen LogP contribution in [-0.2, 0) is 11.3 Å². The van der Waals surface area contributed by atoms with Gasteiger partial charge in [0.1, 0.15) is 12.0 Å². The summed E-state index contributed by atoms with van der Waals surface area (Å²) < 4.78 is 5.12. The van der Waals surface area contributed by atoms with Gasteiger partial charge in [-0.05, 0) is 30.3 Å². The molecule has 2 aromatic rings. The largest absolute Gasteiger partial charge is 0.467 e. The standard InChI is InChI=1S/C18H21ClN4O3/c19-14-1-3-15(4-2-14)22-5-7-23(8-6-22)17(24)11-21-18(25)13-9-16(10-20)26-12-13/h1-4,9,12H,5-8,10-11,20H2,(H,21,25). The van der Waals surface area contributed by atoms with Gasteiger partial charge in [-0.2, -0.15) is 0 Å². The second-order valence-electron chi connectivity index (χ2n) is 6.03. The van der Waals surface area contributed by atoms with Gasteiger partial charge in [-0.1, -0.05) is 11.6 Å². The summed E-state index contributed by atoms with van der Waals surface area (Å²) in [4.78, 5) is 28.3. The van der Waals surface area contributed by atoms with Gasteiger partial charge in [0.2, 0.25) is 5.91 Å². The SMILES string of the molecule is NCc1cc(C(=O)NCC(=O)N2CCN(c3ccc(Cl)cc3)CC2)co1. The summed E-state index contributed by atoms with van der Waals surface area (Å²) in [6.45, 7) is 2.89. The molecule has 1 saturated heterocycles. The number of rotatable bonds is 5. The number of piperazine rings is 1. The topological polar surface area (TPSA) is 91.8 Å². The van der Waals surface area contributed by atoms with Gasteiger partial charge in [0.25, 0.3) is 5.91 Å². The second kappa shape index (κ2) is 8.25. The van der Waals surface area contributed by atoms with Crippen LogP contribution in [-0.4, -0.2) is 49.4 Å². The number of carbonyl (C=O) groups is 2. The Kier molecular flexibility index (Phi) is 5.80. The Labute approximate surface area is 156 Å². The minimum atomic E-state index is -0.346. The Morgan fingerprint density at radius 2 is 1.85 bits per heavy atom. The first-order chi connectivity index (χ1) is 12.6. The van der Waals surface area contributed by atoms with Crippen LogP contribution in [0.1, 0.15) is 16.1 Å². The number of furan rings is 1. The predicted octanol–water partition coefficient (Wildman–Crippen LogP) is 1.47. The van der Waals surface area contributed by atoms with E-state index in [0.29, 0.717) is 29.4 Å². The molecule has 0 saturated carbocycles. The highest BCUT2D eigenvalue weighted by Crippen LogP contribution is 2.19. The molecule has 26 heavy (non-hydrogen) atoms. The number of nitrogens with zero attached hydrogens (tertiary/aromatic N) is 2. The fourth-order valence-electron chi connectivity index (χ4n) is 2.84. The number of nitrogens with two attached hydrogens (primary N) is 1. The number of nitrogens with one attached hydrogen (secondary N) is 1. The molecule has 0 spiro atoms. The third-order valence-corrected chi connectivity index (χ3v) is 4.59. The lowest BCUT2D eigenvalue weighted by atomic mass is 10.2. The molecule has 3 N–H and O–H groups in total. The first kappa shape index (κ1) is 18.3. The molecule has 3 rings (SSSR count). The average Bonchev–Trinajstić information content (AvgIpc) is 3.16. The Hall–Kier alpha value is -2.51. The van der Waals surface area contributed by atoms with Gasteiger partial charge < -0.3 is 25.3 Å². The average molecular weight is 377 g/mol. The number of hydrogen-bond acceptors (Lipinski definition) is 5. The summed E-state index contributed by atoms with van der Waals surface area (Å²) in [5.41, 5.74) is 6.90. The van der Waals surface area contributed by atoms with Gasteiger partial charge in [-0.3, -0.25) is 9.59 Å². The van der Waals surface area contributed by atoms with E-state index in [4.69, 9.17) is 21.8 Å². The highest BCUT2D eigenvalue weighted by molar-refractivity contribution is 6.30. The fourth-order valence-corrected chi connectivity index (χ4v) is 2.97. The third-order valence-electron chi connectivity index (χ3n) is 4.34. The first-order valence-corrected chi connectivity index (χ1v) is 8.78. The first-order valence-electron chi connectivity index (χ1n) is 8.41. The summed E-state index contributed by atoms with van der Waals surface area (Å²) >= 11 is 5.91. The van der Waals surface area contributed by atoms with Gasteiger partial charge in [0.15, 0.2) is 0 Å². The van der Waals surface area contributed by atoms with E-state index in [2.05, 4.69) is 10.2 Å². The molecule has 1 aliphatic rings. The molecular formula is C18H21ClN4O3. The molecule has 1 aromatic heterocycles. The molecular weight excluding hydrogens is 356 g/mol. The van der Waals surface area contributed by atoms with Gasteiger partial charge in [0, 0.05) is 36.9 Å². The van der Waals surface area contributed by atoms with Crippen LogP contribution in [0, 0.1) is 0 Å². The third kappa shape index (κ3) is 4.36. The van der Waals surface area contributed by atoms with Crippen LogP contribution in [0.3, 0.4) is 0 Å². The van der Waals surface area contributed by atoms with Crippen molar-refractivity contribution in [1.82, 2.24) is 10.2 Å².